The lowest BCUT2D eigenvalue weighted by Crippen LogP contribution is -2.03. The zero-order valence-corrected chi connectivity index (χ0v) is 14.1. The molecule has 0 saturated carbocycles. The lowest BCUT2D eigenvalue weighted by Gasteiger charge is -2.16. The Labute approximate surface area is 137 Å². The average molecular weight is 313 g/mol. The van der Waals surface area contributed by atoms with E-state index in [2.05, 4.69) is 24.0 Å². The Morgan fingerprint density at radius 1 is 1.00 bits per heavy atom. The van der Waals surface area contributed by atoms with Gasteiger partial charge in [-0.3, -0.25) is 0 Å². The molecule has 0 fully saturated rings. The molecule has 0 aliphatic heterocycles. The van der Waals surface area contributed by atoms with Crippen molar-refractivity contribution >= 4 is 11.3 Å². The molecule has 2 aromatic rings. The fourth-order valence-electron chi connectivity index (χ4n) is 2.47. The van der Waals surface area contributed by atoms with Gasteiger partial charge in [-0.2, -0.15) is 0 Å². The minimum absolute atomic E-state index is 0.586. The summed E-state index contributed by atoms with van der Waals surface area (Å²) >= 11 is 0. The highest BCUT2D eigenvalue weighted by atomic mass is 16.5. The van der Waals surface area contributed by atoms with Crippen molar-refractivity contribution in [2.45, 2.75) is 13.5 Å². The number of anilines is 1. The molecule has 0 aliphatic carbocycles. The first-order valence-electron chi connectivity index (χ1n) is 7.38. The maximum absolute atomic E-state index is 5.37. The summed E-state index contributed by atoms with van der Waals surface area (Å²) in [6.45, 7) is 6.73. The molecule has 0 aliphatic rings. The fraction of sp³-hybridized carbons (Fsp3) is 0.263. The summed E-state index contributed by atoms with van der Waals surface area (Å²) in [6.07, 6.45) is 0. The molecule has 2 aromatic carbocycles. The molecule has 2 rings (SSSR count). The monoisotopic (exact) mass is 313 g/mol. The third kappa shape index (κ3) is 3.77. The van der Waals surface area contributed by atoms with Gasteiger partial charge in [0, 0.05) is 24.4 Å². The molecule has 23 heavy (non-hydrogen) atoms. The van der Waals surface area contributed by atoms with Crippen LogP contribution in [-0.2, 0) is 6.54 Å². The van der Waals surface area contributed by atoms with Crippen molar-refractivity contribution in [1.82, 2.24) is 0 Å². The van der Waals surface area contributed by atoms with Gasteiger partial charge < -0.3 is 19.5 Å². The summed E-state index contributed by atoms with van der Waals surface area (Å²) in [6, 6.07) is 12.0. The Hall–Kier alpha value is -2.62. The first kappa shape index (κ1) is 16.7. The fourth-order valence-corrected chi connectivity index (χ4v) is 2.47. The van der Waals surface area contributed by atoms with Crippen molar-refractivity contribution in [1.29, 1.82) is 0 Å². The lowest BCUT2D eigenvalue weighted by molar-refractivity contribution is 0.324. The van der Waals surface area contributed by atoms with Crippen molar-refractivity contribution in [3.8, 4) is 17.2 Å². The average Bonchev–Trinajstić information content (AvgIpc) is 2.58. The normalized spacial score (nSPS) is 10.1. The molecule has 122 valence electrons. The standard InChI is InChI=1S/C19H23NO3/c1-13(2)16-9-7-6-8-14(16)12-20-15-10-17(21-3)19(23-5)18(11-15)22-4/h6-11,20H,1,12H2,2-5H3. The van der Waals surface area contributed by atoms with Crippen LogP contribution in [0.3, 0.4) is 0 Å². The van der Waals surface area contributed by atoms with E-state index in [0.717, 1.165) is 16.8 Å². The van der Waals surface area contributed by atoms with Crippen LogP contribution in [0.1, 0.15) is 18.1 Å². The number of benzene rings is 2. The van der Waals surface area contributed by atoms with Crippen LogP contribution in [-0.4, -0.2) is 21.3 Å². The number of ether oxygens (including phenoxy) is 3. The maximum Gasteiger partial charge on any atom is 0.203 e. The van der Waals surface area contributed by atoms with E-state index in [1.165, 1.54) is 5.56 Å². The summed E-state index contributed by atoms with van der Waals surface area (Å²) < 4.78 is 16.1. The van der Waals surface area contributed by atoms with E-state index >= 15 is 0 Å². The van der Waals surface area contributed by atoms with E-state index < -0.39 is 0 Å². The number of hydrogen-bond donors (Lipinski definition) is 1. The minimum Gasteiger partial charge on any atom is -0.493 e. The lowest BCUT2D eigenvalue weighted by atomic mass is 10.0. The van der Waals surface area contributed by atoms with Crippen molar-refractivity contribution < 1.29 is 14.2 Å². The van der Waals surface area contributed by atoms with Crippen LogP contribution in [0.4, 0.5) is 5.69 Å². The predicted octanol–water partition coefficient (Wildman–Crippen LogP) is 4.36. The van der Waals surface area contributed by atoms with Gasteiger partial charge in [0.05, 0.1) is 21.3 Å². The molecule has 0 saturated heterocycles. The molecule has 0 radical (unpaired) electrons. The van der Waals surface area contributed by atoms with Crippen LogP contribution < -0.4 is 19.5 Å². The second kappa shape index (κ2) is 7.58. The Kier molecular flexibility index (Phi) is 5.52. The molecule has 1 N–H and O–H groups in total. The van der Waals surface area contributed by atoms with Crippen LogP contribution in [0, 0.1) is 0 Å². The number of hydrogen-bond acceptors (Lipinski definition) is 4. The van der Waals surface area contributed by atoms with E-state index in [4.69, 9.17) is 14.2 Å². The number of allylic oxidation sites excluding steroid dienone is 1. The predicted molar refractivity (Wildman–Crippen MR) is 94.6 cm³/mol. The highest BCUT2D eigenvalue weighted by molar-refractivity contribution is 5.66. The molecule has 4 heteroatoms. The largest absolute Gasteiger partial charge is 0.493 e. The van der Waals surface area contributed by atoms with Gasteiger partial charge in [-0.25, -0.2) is 0 Å². The molecule has 0 amide bonds. The maximum atomic E-state index is 5.37. The summed E-state index contributed by atoms with van der Waals surface area (Å²) in [5.74, 6) is 1.84. The second-order valence-electron chi connectivity index (χ2n) is 5.21. The Morgan fingerprint density at radius 3 is 2.13 bits per heavy atom. The molecule has 0 aromatic heterocycles. The van der Waals surface area contributed by atoms with Crippen LogP contribution in [0.2, 0.25) is 0 Å². The Morgan fingerprint density at radius 2 is 1.61 bits per heavy atom. The minimum atomic E-state index is 0.586. The van der Waals surface area contributed by atoms with E-state index in [9.17, 15) is 0 Å². The van der Waals surface area contributed by atoms with Gasteiger partial charge in [0.2, 0.25) is 5.75 Å². The third-order valence-corrected chi connectivity index (χ3v) is 3.62. The molecule has 0 bridgehead atoms. The van der Waals surface area contributed by atoms with Crippen molar-refractivity contribution in [3.63, 3.8) is 0 Å². The summed E-state index contributed by atoms with van der Waals surface area (Å²) in [5.41, 5.74) is 4.30. The topological polar surface area (TPSA) is 39.7 Å². The quantitative estimate of drug-likeness (QED) is 0.824. The first-order valence-corrected chi connectivity index (χ1v) is 7.38. The SMILES string of the molecule is C=C(C)c1ccccc1CNc1cc(OC)c(OC)c(OC)c1. The van der Waals surface area contributed by atoms with Gasteiger partial charge in [0.25, 0.3) is 0 Å². The summed E-state index contributed by atoms with van der Waals surface area (Å²) in [4.78, 5) is 0. The number of nitrogens with one attached hydrogen (secondary N) is 1. The van der Waals surface area contributed by atoms with Gasteiger partial charge in [0.15, 0.2) is 11.5 Å². The smallest absolute Gasteiger partial charge is 0.203 e. The highest BCUT2D eigenvalue weighted by Gasteiger charge is 2.13. The van der Waals surface area contributed by atoms with Crippen molar-refractivity contribution in [2.24, 2.45) is 0 Å². The van der Waals surface area contributed by atoms with E-state index in [1.807, 2.05) is 31.2 Å². The van der Waals surface area contributed by atoms with Crippen LogP contribution in [0.25, 0.3) is 5.57 Å². The van der Waals surface area contributed by atoms with Crippen molar-refractivity contribution in [3.05, 3.63) is 54.1 Å². The highest BCUT2D eigenvalue weighted by Crippen LogP contribution is 2.40. The number of methoxy groups -OCH3 is 3. The third-order valence-electron chi connectivity index (χ3n) is 3.62. The van der Waals surface area contributed by atoms with Crippen LogP contribution >= 0.6 is 0 Å². The molecular formula is C19H23NO3. The van der Waals surface area contributed by atoms with Crippen LogP contribution in [0.15, 0.2) is 43.0 Å². The molecule has 0 heterocycles. The van der Waals surface area contributed by atoms with Gasteiger partial charge in [-0.1, -0.05) is 36.4 Å². The second-order valence-corrected chi connectivity index (χ2v) is 5.21. The first-order chi connectivity index (χ1) is 11.1. The molecule has 0 atom stereocenters. The van der Waals surface area contributed by atoms with Gasteiger partial charge in [0.1, 0.15) is 0 Å². The van der Waals surface area contributed by atoms with Crippen molar-refractivity contribution in [2.75, 3.05) is 26.6 Å². The zero-order valence-electron chi connectivity index (χ0n) is 14.1. The molecular weight excluding hydrogens is 290 g/mol. The summed E-state index contributed by atoms with van der Waals surface area (Å²) in [5, 5.41) is 3.40. The number of rotatable bonds is 7. The van der Waals surface area contributed by atoms with Gasteiger partial charge >= 0.3 is 0 Å². The zero-order chi connectivity index (χ0) is 16.8. The summed E-state index contributed by atoms with van der Waals surface area (Å²) in [7, 11) is 4.81. The Balaban J connectivity index is 2.26. The molecule has 4 nitrogen and oxygen atoms in total. The van der Waals surface area contributed by atoms with Crippen LogP contribution in [0.5, 0.6) is 17.2 Å². The van der Waals surface area contributed by atoms with Gasteiger partial charge in [-0.05, 0) is 18.1 Å². The van der Waals surface area contributed by atoms with E-state index in [0.29, 0.717) is 23.8 Å². The van der Waals surface area contributed by atoms with Gasteiger partial charge in [-0.15, -0.1) is 0 Å². The van der Waals surface area contributed by atoms with E-state index in [-0.39, 0.29) is 0 Å². The molecule has 0 unspecified atom stereocenters. The van der Waals surface area contributed by atoms with E-state index in [1.54, 1.807) is 21.3 Å². The Bertz CT molecular complexity index is 670. The molecule has 0 spiro atoms.